The van der Waals surface area contributed by atoms with Gasteiger partial charge in [0.1, 0.15) is 0 Å². The van der Waals surface area contributed by atoms with E-state index in [0.29, 0.717) is 0 Å². The second-order valence-corrected chi connectivity index (χ2v) is 5.99. The van der Waals surface area contributed by atoms with E-state index in [9.17, 15) is 0 Å². The Morgan fingerprint density at radius 1 is 1.40 bits per heavy atom. The number of aromatic nitrogens is 1. The standard InChI is InChI=1S/C12H18N2S/c13-12(5-6-12)4-3-10-1-2-11-9-15-8-7-14(10)11/h1-2H,3-9,13H2. The molecule has 0 spiro atoms. The fraction of sp³-hybridized carbons (Fsp3) is 0.667. The van der Waals surface area contributed by atoms with E-state index in [0.717, 1.165) is 0 Å². The molecule has 1 aliphatic carbocycles. The van der Waals surface area contributed by atoms with Crippen LogP contribution in [0, 0.1) is 0 Å². The highest BCUT2D eigenvalue weighted by atomic mass is 32.2. The van der Waals surface area contributed by atoms with Gasteiger partial charge in [0.15, 0.2) is 0 Å². The molecular weight excluding hydrogens is 204 g/mol. The van der Waals surface area contributed by atoms with Gasteiger partial charge in [-0.05, 0) is 37.8 Å². The molecule has 1 fully saturated rings. The average Bonchev–Trinajstić information content (AvgIpc) is 2.86. The van der Waals surface area contributed by atoms with Gasteiger partial charge in [-0.15, -0.1) is 0 Å². The third-order valence-corrected chi connectivity index (χ3v) is 4.61. The summed E-state index contributed by atoms with van der Waals surface area (Å²) in [6, 6.07) is 4.59. The van der Waals surface area contributed by atoms with E-state index in [1.54, 1.807) is 0 Å². The van der Waals surface area contributed by atoms with Gasteiger partial charge in [-0.2, -0.15) is 11.8 Å². The first-order valence-corrected chi connectivity index (χ1v) is 6.96. The van der Waals surface area contributed by atoms with E-state index in [1.807, 2.05) is 11.8 Å². The Morgan fingerprint density at radius 3 is 3.07 bits per heavy atom. The van der Waals surface area contributed by atoms with E-state index < -0.39 is 0 Å². The van der Waals surface area contributed by atoms with Gasteiger partial charge in [-0.3, -0.25) is 0 Å². The lowest BCUT2D eigenvalue weighted by atomic mass is 10.1. The number of fused-ring (bicyclic) bond motifs is 1. The Bertz CT molecular complexity index is 366. The van der Waals surface area contributed by atoms with E-state index in [-0.39, 0.29) is 5.54 Å². The molecule has 0 atom stereocenters. The fourth-order valence-corrected chi connectivity index (χ4v) is 3.23. The Hall–Kier alpha value is -0.410. The van der Waals surface area contributed by atoms with Crippen LogP contribution in [0.5, 0.6) is 0 Å². The molecule has 0 saturated heterocycles. The third kappa shape index (κ3) is 1.95. The normalized spacial score (nSPS) is 22.5. The zero-order valence-electron chi connectivity index (χ0n) is 9.04. The summed E-state index contributed by atoms with van der Waals surface area (Å²) in [6.07, 6.45) is 4.80. The van der Waals surface area contributed by atoms with Crippen LogP contribution in [-0.2, 0) is 18.7 Å². The predicted molar refractivity (Wildman–Crippen MR) is 65.1 cm³/mol. The average molecular weight is 222 g/mol. The van der Waals surface area contributed by atoms with Crippen LogP contribution in [-0.4, -0.2) is 15.9 Å². The summed E-state index contributed by atoms with van der Waals surface area (Å²) >= 11 is 2.04. The molecule has 2 N–H and O–H groups in total. The number of aryl methyl sites for hydroxylation is 1. The van der Waals surface area contributed by atoms with Crippen LogP contribution >= 0.6 is 11.8 Å². The van der Waals surface area contributed by atoms with Gasteiger partial charge >= 0.3 is 0 Å². The van der Waals surface area contributed by atoms with Crippen molar-refractivity contribution in [1.82, 2.24) is 4.57 Å². The SMILES string of the molecule is NC1(CCc2ccc3n2CCSC3)CC1. The molecule has 1 aromatic rings. The molecule has 2 nitrogen and oxygen atoms in total. The minimum atomic E-state index is 0.203. The summed E-state index contributed by atoms with van der Waals surface area (Å²) < 4.78 is 2.50. The van der Waals surface area contributed by atoms with E-state index in [2.05, 4.69) is 16.7 Å². The van der Waals surface area contributed by atoms with Crippen molar-refractivity contribution in [2.75, 3.05) is 5.75 Å². The van der Waals surface area contributed by atoms with Crippen LogP contribution in [0.3, 0.4) is 0 Å². The third-order valence-electron chi connectivity index (χ3n) is 3.64. The quantitative estimate of drug-likeness (QED) is 0.849. The lowest BCUT2D eigenvalue weighted by Crippen LogP contribution is -2.23. The Morgan fingerprint density at radius 2 is 2.27 bits per heavy atom. The van der Waals surface area contributed by atoms with Gasteiger partial charge in [0.2, 0.25) is 0 Å². The monoisotopic (exact) mass is 222 g/mol. The molecule has 82 valence electrons. The zero-order chi connectivity index (χ0) is 10.3. The van der Waals surface area contributed by atoms with Gasteiger partial charge in [0.05, 0.1) is 0 Å². The molecule has 1 aromatic heterocycles. The van der Waals surface area contributed by atoms with Gasteiger partial charge in [0, 0.05) is 35.0 Å². The Balaban J connectivity index is 1.71. The summed E-state index contributed by atoms with van der Waals surface area (Å²) in [6.45, 7) is 1.19. The summed E-state index contributed by atoms with van der Waals surface area (Å²) in [4.78, 5) is 0. The second kappa shape index (κ2) is 3.56. The van der Waals surface area contributed by atoms with Gasteiger partial charge < -0.3 is 10.3 Å². The van der Waals surface area contributed by atoms with E-state index in [4.69, 9.17) is 5.73 Å². The lowest BCUT2D eigenvalue weighted by molar-refractivity contribution is 0.580. The first-order valence-electron chi connectivity index (χ1n) is 5.81. The minimum Gasteiger partial charge on any atom is -0.347 e. The summed E-state index contributed by atoms with van der Waals surface area (Å²) in [7, 11) is 0. The fourth-order valence-electron chi connectivity index (χ4n) is 2.31. The molecule has 2 heterocycles. The second-order valence-electron chi connectivity index (χ2n) is 4.88. The Kier molecular flexibility index (Phi) is 2.33. The Labute approximate surface area is 95.2 Å². The molecular formula is C12H18N2S. The van der Waals surface area contributed by atoms with Gasteiger partial charge in [0.25, 0.3) is 0 Å². The van der Waals surface area contributed by atoms with Crippen LogP contribution < -0.4 is 5.73 Å². The van der Waals surface area contributed by atoms with Crippen LogP contribution in [0.15, 0.2) is 12.1 Å². The van der Waals surface area contributed by atoms with Crippen molar-refractivity contribution in [2.45, 2.75) is 43.5 Å². The van der Waals surface area contributed by atoms with E-state index >= 15 is 0 Å². The summed E-state index contributed by atoms with van der Waals surface area (Å²) in [5, 5.41) is 0. The molecule has 0 bridgehead atoms. The topological polar surface area (TPSA) is 30.9 Å². The van der Waals surface area contributed by atoms with Crippen LogP contribution in [0.4, 0.5) is 0 Å². The first kappa shape index (κ1) is 9.79. The van der Waals surface area contributed by atoms with Crippen LogP contribution in [0.25, 0.3) is 0 Å². The maximum absolute atomic E-state index is 6.13. The number of nitrogens with two attached hydrogens (primary N) is 1. The molecule has 3 rings (SSSR count). The first-order chi connectivity index (χ1) is 7.27. The molecule has 0 unspecified atom stereocenters. The predicted octanol–water partition coefficient (Wildman–Crippen LogP) is 2.16. The number of hydrogen-bond acceptors (Lipinski definition) is 2. The highest BCUT2D eigenvalue weighted by Crippen LogP contribution is 2.37. The molecule has 2 aliphatic rings. The van der Waals surface area contributed by atoms with Crippen molar-refractivity contribution < 1.29 is 0 Å². The van der Waals surface area contributed by atoms with Crippen molar-refractivity contribution in [2.24, 2.45) is 5.73 Å². The number of rotatable bonds is 3. The lowest BCUT2D eigenvalue weighted by Gasteiger charge is -2.18. The van der Waals surface area contributed by atoms with Crippen molar-refractivity contribution in [3.05, 3.63) is 23.5 Å². The maximum Gasteiger partial charge on any atom is 0.0338 e. The van der Waals surface area contributed by atoms with Crippen molar-refractivity contribution in [3.63, 3.8) is 0 Å². The number of thioether (sulfide) groups is 1. The van der Waals surface area contributed by atoms with Gasteiger partial charge in [-0.25, -0.2) is 0 Å². The van der Waals surface area contributed by atoms with Crippen molar-refractivity contribution in [3.8, 4) is 0 Å². The van der Waals surface area contributed by atoms with Gasteiger partial charge in [-0.1, -0.05) is 0 Å². The highest BCUT2D eigenvalue weighted by Gasteiger charge is 2.37. The molecule has 0 radical (unpaired) electrons. The van der Waals surface area contributed by atoms with Crippen LogP contribution in [0.2, 0.25) is 0 Å². The molecule has 3 heteroatoms. The molecule has 1 aliphatic heterocycles. The van der Waals surface area contributed by atoms with Crippen molar-refractivity contribution in [1.29, 1.82) is 0 Å². The number of nitrogens with zero attached hydrogens (tertiary/aromatic N) is 1. The maximum atomic E-state index is 6.13. The zero-order valence-corrected chi connectivity index (χ0v) is 9.85. The summed E-state index contributed by atoms with van der Waals surface area (Å²) in [5.41, 5.74) is 9.33. The highest BCUT2D eigenvalue weighted by molar-refractivity contribution is 7.98. The minimum absolute atomic E-state index is 0.203. The van der Waals surface area contributed by atoms with E-state index in [1.165, 1.54) is 55.1 Å². The molecule has 0 aromatic carbocycles. The molecule has 15 heavy (non-hydrogen) atoms. The largest absolute Gasteiger partial charge is 0.347 e. The molecule has 1 saturated carbocycles. The molecule has 0 amide bonds. The smallest absolute Gasteiger partial charge is 0.0338 e. The summed E-state index contributed by atoms with van der Waals surface area (Å²) in [5.74, 6) is 2.45. The number of hydrogen-bond donors (Lipinski definition) is 1. The van der Waals surface area contributed by atoms with Crippen LogP contribution in [0.1, 0.15) is 30.7 Å². The van der Waals surface area contributed by atoms with Crippen molar-refractivity contribution >= 4 is 11.8 Å².